The molecule has 16 heavy (non-hydrogen) atoms. The third-order valence-electron chi connectivity index (χ3n) is 2.34. The molecule has 0 saturated heterocycles. The Labute approximate surface area is 101 Å². The number of urea groups is 1. The lowest BCUT2D eigenvalue weighted by molar-refractivity contribution is -0.147. The Morgan fingerprint density at radius 1 is 1.44 bits per heavy atom. The van der Waals surface area contributed by atoms with Crippen LogP contribution >= 0.6 is 11.8 Å². The van der Waals surface area contributed by atoms with Crippen molar-refractivity contribution < 1.29 is 14.7 Å². The largest absolute Gasteiger partial charge is 0.480 e. The van der Waals surface area contributed by atoms with Gasteiger partial charge in [0, 0.05) is 18.8 Å². The lowest BCUT2D eigenvalue weighted by Gasteiger charge is -2.34. The van der Waals surface area contributed by atoms with Crippen LogP contribution in [-0.2, 0) is 4.79 Å². The van der Waals surface area contributed by atoms with E-state index in [-0.39, 0.29) is 6.03 Å². The molecule has 0 bridgehead atoms. The van der Waals surface area contributed by atoms with Crippen LogP contribution in [0.2, 0.25) is 0 Å². The minimum atomic E-state index is -1.18. The Morgan fingerprint density at radius 3 is 2.38 bits per heavy atom. The fourth-order valence-corrected chi connectivity index (χ4v) is 1.57. The molecule has 0 saturated carbocycles. The molecule has 2 N–H and O–H groups in total. The zero-order chi connectivity index (χ0) is 12.8. The van der Waals surface area contributed by atoms with Gasteiger partial charge in [0.2, 0.25) is 0 Å². The zero-order valence-electron chi connectivity index (χ0n) is 10.2. The first kappa shape index (κ1) is 15.1. The molecule has 0 spiro atoms. The summed E-state index contributed by atoms with van der Waals surface area (Å²) in [5.41, 5.74) is -1.18. The minimum absolute atomic E-state index is 0.330. The molecule has 0 heterocycles. The second kappa shape index (κ2) is 6.62. The Kier molecular flexibility index (Phi) is 6.25. The summed E-state index contributed by atoms with van der Waals surface area (Å²) in [6.45, 7) is 5.72. The van der Waals surface area contributed by atoms with E-state index in [1.165, 1.54) is 18.7 Å². The van der Waals surface area contributed by atoms with Gasteiger partial charge in [0.05, 0.1) is 0 Å². The Bertz CT molecular complexity index is 256. The second-order valence-electron chi connectivity index (χ2n) is 3.83. The first-order chi connectivity index (χ1) is 7.37. The highest BCUT2D eigenvalue weighted by Crippen LogP contribution is 2.14. The number of likely N-dealkylation sites (N-methyl/N-ethyl adjacent to an activating group) is 1. The maximum Gasteiger partial charge on any atom is 0.329 e. The molecule has 0 aliphatic heterocycles. The monoisotopic (exact) mass is 248 g/mol. The summed E-state index contributed by atoms with van der Waals surface area (Å²) in [7, 11) is 0. The van der Waals surface area contributed by atoms with Crippen molar-refractivity contribution in [3.05, 3.63) is 0 Å². The van der Waals surface area contributed by atoms with E-state index in [4.69, 9.17) is 5.11 Å². The van der Waals surface area contributed by atoms with E-state index in [0.717, 1.165) is 5.75 Å². The first-order valence-corrected chi connectivity index (χ1v) is 6.55. The fourth-order valence-electron chi connectivity index (χ4n) is 1.26. The van der Waals surface area contributed by atoms with Crippen molar-refractivity contribution in [2.45, 2.75) is 26.3 Å². The average molecular weight is 248 g/mol. The normalized spacial score (nSPS) is 11.0. The number of nitrogens with zero attached hydrogens (tertiary/aromatic N) is 1. The Morgan fingerprint density at radius 2 is 2.00 bits per heavy atom. The molecule has 0 aromatic carbocycles. The van der Waals surface area contributed by atoms with Gasteiger partial charge in [0.25, 0.3) is 0 Å². The van der Waals surface area contributed by atoms with Crippen molar-refractivity contribution >= 4 is 23.8 Å². The van der Waals surface area contributed by atoms with E-state index in [0.29, 0.717) is 13.1 Å². The smallest absolute Gasteiger partial charge is 0.329 e. The SMILES string of the molecule is CCN(C(=O)NCCSC)C(C)(C)C(=O)O. The molecule has 94 valence electrons. The maximum atomic E-state index is 11.7. The fraction of sp³-hybridized carbons (Fsp3) is 0.800. The van der Waals surface area contributed by atoms with E-state index in [9.17, 15) is 9.59 Å². The molecule has 0 aromatic rings. The molecular weight excluding hydrogens is 228 g/mol. The predicted octanol–water partition coefficient (Wildman–Crippen LogP) is 1.24. The van der Waals surface area contributed by atoms with E-state index < -0.39 is 11.5 Å². The number of carboxylic acid groups (broad SMARTS) is 1. The molecule has 6 heteroatoms. The van der Waals surface area contributed by atoms with Crippen molar-refractivity contribution in [3.63, 3.8) is 0 Å². The van der Waals surface area contributed by atoms with Crippen molar-refractivity contribution in [1.29, 1.82) is 0 Å². The third-order valence-corrected chi connectivity index (χ3v) is 2.95. The van der Waals surface area contributed by atoms with Gasteiger partial charge in [-0.25, -0.2) is 9.59 Å². The van der Waals surface area contributed by atoms with Crippen LogP contribution in [0.15, 0.2) is 0 Å². The molecule has 2 amide bonds. The number of carbonyl (C=O) groups is 2. The lowest BCUT2D eigenvalue weighted by atomic mass is 10.0. The molecule has 0 aliphatic carbocycles. The standard InChI is InChI=1S/C10H20N2O3S/c1-5-12(10(2,3)8(13)14)9(15)11-6-7-16-4/h5-7H2,1-4H3,(H,11,15)(H,13,14). The Balaban J connectivity index is 4.48. The van der Waals surface area contributed by atoms with Crippen LogP contribution in [0.4, 0.5) is 4.79 Å². The third kappa shape index (κ3) is 3.92. The van der Waals surface area contributed by atoms with Gasteiger partial charge < -0.3 is 15.3 Å². The predicted molar refractivity (Wildman–Crippen MR) is 65.9 cm³/mol. The van der Waals surface area contributed by atoms with Gasteiger partial charge in [-0.15, -0.1) is 0 Å². The summed E-state index contributed by atoms with van der Waals surface area (Å²) in [6.07, 6.45) is 1.95. The summed E-state index contributed by atoms with van der Waals surface area (Å²) in [5, 5.41) is 11.7. The van der Waals surface area contributed by atoms with E-state index in [2.05, 4.69) is 5.32 Å². The number of carboxylic acids is 1. The highest BCUT2D eigenvalue weighted by atomic mass is 32.2. The van der Waals surface area contributed by atoms with Gasteiger partial charge in [0.15, 0.2) is 0 Å². The summed E-state index contributed by atoms with van der Waals surface area (Å²) in [6, 6.07) is -0.330. The number of nitrogens with one attached hydrogen (secondary N) is 1. The minimum Gasteiger partial charge on any atom is -0.480 e. The number of aliphatic carboxylic acids is 1. The molecule has 0 radical (unpaired) electrons. The lowest BCUT2D eigenvalue weighted by Crippen LogP contribution is -2.56. The van der Waals surface area contributed by atoms with Crippen LogP contribution in [0.1, 0.15) is 20.8 Å². The van der Waals surface area contributed by atoms with Crippen LogP contribution in [0.5, 0.6) is 0 Å². The molecule has 0 aromatic heterocycles. The van der Waals surface area contributed by atoms with Crippen molar-refractivity contribution in [2.75, 3.05) is 25.1 Å². The average Bonchev–Trinajstić information content (AvgIpc) is 2.18. The number of carbonyl (C=O) groups excluding carboxylic acids is 1. The van der Waals surface area contributed by atoms with Crippen molar-refractivity contribution in [2.24, 2.45) is 0 Å². The molecular formula is C10H20N2O3S. The molecule has 0 atom stereocenters. The number of rotatable bonds is 6. The van der Waals surface area contributed by atoms with Crippen LogP contribution in [0, 0.1) is 0 Å². The highest BCUT2D eigenvalue weighted by molar-refractivity contribution is 7.98. The summed E-state index contributed by atoms with van der Waals surface area (Å²) in [5.74, 6) is -0.189. The van der Waals surface area contributed by atoms with Crippen molar-refractivity contribution in [3.8, 4) is 0 Å². The molecule has 5 nitrogen and oxygen atoms in total. The van der Waals surface area contributed by atoms with Gasteiger partial charge in [0.1, 0.15) is 5.54 Å². The molecule has 0 fully saturated rings. The van der Waals surface area contributed by atoms with Crippen LogP contribution in [0.3, 0.4) is 0 Å². The van der Waals surface area contributed by atoms with Gasteiger partial charge >= 0.3 is 12.0 Å². The van der Waals surface area contributed by atoms with Gasteiger partial charge in [-0.3, -0.25) is 0 Å². The maximum absolute atomic E-state index is 11.7. The van der Waals surface area contributed by atoms with E-state index >= 15 is 0 Å². The zero-order valence-corrected chi connectivity index (χ0v) is 11.1. The second-order valence-corrected chi connectivity index (χ2v) is 4.82. The van der Waals surface area contributed by atoms with E-state index in [1.807, 2.05) is 6.26 Å². The summed E-state index contributed by atoms with van der Waals surface area (Å²) >= 11 is 1.63. The Hall–Kier alpha value is -0.910. The quantitative estimate of drug-likeness (QED) is 0.694. The highest BCUT2D eigenvalue weighted by Gasteiger charge is 2.36. The first-order valence-electron chi connectivity index (χ1n) is 5.15. The van der Waals surface area contributed by atoms with E-state index in [1.54, 1.807) is 18.7 Å². The van der Waals surface area contributed by atoms with Crippen LogP contribution in [-0.4, -0.2) is 52.6 Å². The van der Waals surface area contributed by atoms with Crippen molar-refractivity contribution in [1.82, 2.24) is 10.2 Å². The number of hydrogen-bond donors (Lipinski definition) is 2. The summed E-state index contributed by atoms with van der Waals surface area (Å²) < 4.78 is 0. The molecule has 0 unspecified atom stereocenters. The summed E-state index contributed by atoms with van der Waals surface area (Å²) in [4.78, 5) is 24.1. The van der Waals surface area contributed by atoms with Gasteiger partial charge in [-0.05, 0) is 27.0 Å². The van der Waals surface area contributed by atoms with Gasteiger partial charge in [-0.2, -0.15) is 11.8 Å². The van der Waals surface area contributed by atoms with Crippen LogP contribution in [0.25, 0.3) is 0 Å². The molecule has 0 rings (SSSR count). The number of hydrogen-bond acceptors (Lipinski definition) is 3. The number of thioether (sulfide) groups is 1. The number of amides is 2. The van der Waals surface area contributed by atoms with Crippen LogP contribution < -0.4 is 5.32 Å². The topological polar surface area (TPSA) is 69.6 Å². The van der Waals surface area contributed by atoms with Gasteiger partial charge in [-0.1, -0.05) is 0 Å². The molecule has 0 aliphatic rings.